The number of amides is 2. The lowest BCUT2D eigenvalue weighted by Gasteiger charge is -2.37. The molecule has 170 valence electrons. The van der Waals surface area contributed by atoms with Crippen molar-refractivity contribution in [3.05, 3.63) is 30.2 Å². The molecule has 1 N–H and O–H groups in total. The minimum atomic E-state index is -4.86. The molecule has 9 nitrogen and oxygen atoms in total. The highest BCUT2D eigenvalue weighted by molar-refractivity contribution is 7.92. The zero-order valence-corrected chi connectivity index (χ0v) is 17.4. The van der Waals surface area contributed by atoms with Gasteiger partial charge in [-0.3, -0.25) is 4.68 Å². The van der Waals surface area contributed by atoms with Crippen LogP contribution in [0.2, 0.25) is 0 Å². The Morgan fingerprint density at radius 3 is 2.35 bits per heavy atom. The van der Waals surface area contributed by atoms with Crippen LogP contribution in [0.5, 0.6) is 0 Å². The number of urea groups is 1. The Labute approximate surface area is 175 Å². The smallest absolute Gasteiger partial charge is 0.325 e. The van der Waals surface area contributed by atoms with E-state index in [0.717, 1.165) is 14.0 Å². The van der Waals surface area contributed by atoms with Gasteiger partial charge in [0.15, 0.2) is 10.7 Å². The number of nitrogens with one attached hydrogen (secondary N) is 1. The van der Waals surface area contributed by atoms with Gasteiger partial charge in [-0.2, -0.15) is 28.5 Å². The molecule has 0 bridgehead atoms. The highest BCUT2D eigenvalue weighted by atomic mass is 32.2. The zero-order valence-electron chi connectivity index (χ0n) is 16.6. The maximum atomic E-state index is 15.6. The second kappa shape index (κ2) is 8.05. The van der Waals surface area contributed by atoms with Gasteiger partial charge in [-0.05, 0) is 25.8 Å². The number of anilines is 1. The van der Waals surface area contributed by atoms with Crippen molar-refractivity contribution >= 4 is 21.6 Å². The van der Waals surface area contributed by atoms with E-state index in [2.05, 4.69) is 20.6 Å². The Bertz CT molecular complexity index is 1050. The van der Waals surface area contributed by atoms with Crippen LogP contribution < -0.4 is 5.32 Å². The molecule has 31 heavy (non-hydrogen) atoms. The molecule has 0 radical (unpaired) electrons. The lowest BCUT2D eigenvalue weighted by Crippen LogP contribution is -2.48. The minimum Gasteiger partial charge on any atom is -0.325 e. The van der Waals surface area contributed by atoms with Crippen molar-refractivity contribution in [1.29, 1.82) is 0 Å². The summed E-state index contributed by atoms with van der Waals surface area (Å²) in [5.41, 5.74) is -1.00. The maximum absolute atomic E-state index is 15.6. The summed E-state index contributed by atoms with van der Waals surface area (Å²) in [5, 5.41) is 9.28. The average molecular weight is 464 g/mol. The van der Waals surface area contributed by atoms with Crippen molar-refractivity contribution in [3.8, 4) is 0 Å². The van der Waals surface area contributed by atoms with Crippen LogP contribution in [0.15, 0.2) is 29.6 Å². The highest BCUT2D eigenvalue weighted by Crippen LogP contribution is 2.40. The van der Waals surface area contributed by atoms with Gasteiger partial charge >= 0.3 is 12.2 Å². The van der Waals surface area contributed by atoms with Gasteiger partial charge in [0.25, 0.3) is 0 Å². The number of sulfone groups is 1. The fraction of sp³-hybridized carbons (Fsp3) is 0.529. The number of carbonyl (C=O) groups is 1. The van der Waals surface area contributed by atoms with Gasteiger partial charge in [0.2, 0.25) is 14.8 Å². The average Bonchev–Trinajstić information content (AvgIpc) is 3.11. The molecule has 3 rings (SSSR count). The van der Waals surface area contributed by atoms with Gasteiger partial charge in [-0.15, -0.1) is 0 Å². The first kappa shape index (κ1) is 22.9. The Hall–Kier alpha value is -2.77. The monoisotopic (exact) mass is 464 g/mol. The molecule has 0 saturated carbocycles. The van der Waals surface area contributed by atoms with Crippen LogP contribution in [-0.4, -0.2) is 57.4 Å². The molecular formula is C17H20F4N6O3S. The number of piperidine rings is 1. The van der Waals surface area contributed by atoms with E-state index >= 15 is 4.39 Å². The SMILES string of the molecule is Cn1nc(C(F)(F)F)cc1S(=O)(=O)C(C)(F)C1CCN(C(=O)Nc2ccnnc2)CC1. The normalized spacial score (nSPS) is 17.9. The molecular weight excluding hydrogens is 444 g/mol. The third-order valence-corrected chi connectivity index (χ3v) is 7.59. The van der Waals surface area contributed by atoms with Crippen molar-refractivity contribution in [2.75, 3.05) is 18.4 Å². The summed E-state index contributed by atoms with van der Waals surface area (Å²) in [7, 11) is -3.78. The summed E-state index contributed by atoms with van der Waals surface area (Å²) in [6.45, 7) is 0.984. The molecule has 1 atom stereocenters. The lowest BCUT2D eigenvalue weighted by atomic mass is 9.92. The van der Waals surface area contributed by atoms with E-state index in [1.807, 2.05) is 0 Å². The minimum absolute atomic E-state index is 0.0121. The second-order valence-corrected chi connectivity index (χ2v) is 9.52. The number of nitrogens with zero attached hydrogens (tertiary/aromatic N) is 5. The third kappa shape index (κ3) is 4.48. The summed E-state index contributed by atoms with van der Waals surface area (Å²) in [6.07, 6.45) is -2.10. The number of alkyl halides is 4. The molecule has 1 fully saturated rings. The first-order chi connectivity index (χ1) is 14.3. The van der Waals surface area contributed by atoms with Gasteiger partial charge in [-0.25, -0.2) is 17.6 Å². The summed E-state index contributed by atoms with van der Waals surface area (Å²) >= 11 is 0. The molecule has 0 aromatic carbocycles. The van der Waals surface area contributed by atoms with Crippen molar-refractivity contribution in [2.24, 2.45) is 13.0 Å². The van der Waals surface area contributed by atoms with Crippen LogP contribution in [0.3, 0.4) is 0 Å². The number of rotatable bonds is 4. The molecule has 1 aliphatic rings. The molecule has 1 unspecified atom stereocenters. The largest absolute Gasteiger partial charge is 0.435 e. The van der Waals surface area contributed by atoms with Gasteiger partial charge < -0.3 is 10.2 Å². The van der Waals surface area contributed by atoms with E-state index in [1.165, 1.54) is 23.4 Å². The number of carbonyl (C=O) groups excluding carboxylic acids is 1. The number of hydrogen-bond donors (Lipinski definition) is 1. The molecule has 2 amide bonds. The van der Waals surface area contributed by atoms with Crippen LogP contribution in [0, 0.1) is 5.92 Å². The third-order valence-electron chi connectivity index (χ3n) is 5.27. The maximum Gasteiger partial charge on any atom is 0.435 e. The summed E-state index contributed by atoms with van der Waals surface area (Å²) in [5.74, 6) is -1.02. The first-order valence-corrected chi connectivity index (χ1v) is 10.7. The molecule has 2 aromatic rings. The van der Waals surface area contributed by atoms with E-state index in [0.29, 0.717) is 16.4 Å². The number of aryl methyl sites for hydroxylation is 1. The Morgan fingerprint density at radius 2 is 1.84 bits per heavy atom. The molecule has 2 aromatic heterocycles. The lowest BCUT2D eigenvalue weighted by molar-refractivity contribution is -0.141. The van der Waals surface area contributed by atoms with Crippen molar-refractivity contribution in [2.45, 2.75) is 36.0 Å². The molecule has 14 heteroatoms. The molecule has 0 spiro atoms. The summed E-state index contributed by atoms with van der Waals surface area (Å²) in [6, 6.07) is 1.40. The molecule has 1 aliphatic heterocycles. The fourth-order valence-corrected chi connectivity index (χ4v) is 5.17. The van der Waals surface area contributed by atoms with Crippen LogP contribution in [0.4, 0.5) is 28.0 Å². The van der Waals surface area contributed by atoms with Crippen LogP contribution in [0.1, 0.15) is 25.5 Å². The number of halogens is 4. The molecule has 3 heterocycles. The quantitative estimate of drug-likeness (QED) is 0.697. The fourth-order valence-electron chi connectivity index (χ4n) is 3.43. The van der Waals surface area contributed by atoms with E-state index in [-0.39, 0.29) is 25.9 Å². The molecule has 0 aliphatic carbocycles. The van der Waals surface area contributed by atoms with Crippen molar-refractivity contribution in [1.82, 2.24) is 24.9 Å². The van der Waals surface area contributed by atoms with Crippen molar-refractivity contribution in [3.63, 3.8) is 0 Å². The Balaban J connectivity index is 1.72. The van der Waals surface area contributed by atoms with Crippen LogP contribution >= 0.6 is 0 Å². The zero-order chi connectivity index (χ0) is 23.0. The van der Waals surface area contributed by atoms with Crippen LogP contribution in [0.25, 0.3) is 0 Å². The topological polar surface area (TPSA) is 110 Å². The van der Waals surface area contributed by atoms with Gasteiger partial charge in [-0.1, -0.05) is 0 Å². The van der Waals surface area contributed by atoms with E-state index < -0.39 is 43.7 Å². The number of hydrogen-bond acceptors (Lipinski definition) is 6. The standard InChI is InChI=1S/C17H20F4N6O3S/c1-16(18,31(29,30)14-9-13(17(19,20)21)25-26(14)2)11-4-7-27(8-5-11)15(28)24-12-3-6-22-23-10-12/h3,6,9-11H,4-5,7-8H2,1-2H3,(H,22,24,28). The van der Waals surface area contributed by atoms with Gasteiger partial charge in [0, 0.05) is 32.1 Å². The first-order valence-electron chi connectivity index (χ1n) is 9.21. The number of likely N-dealkylation sites (tertiary alicyclic amines) is 1. The van der Waals surface area contributed by atoms with Gasteiger partial charge in [0.1, 0.15) is 0 Å². The van der Waals surface area contributed by atoms with Crippen LogP contribution in [-0.2, 0) is 23.1 Å². The predicted octanol–water partition coefficient (Wildman–Crippen LogP) is 2.63. The summed E-state index contributed by atoms with van der Waals surface area (Å²) < 4.78 is 80.4. The van der Waals surface area contributed by atoms with E-state index in [4.69, 9.17) is 0 Å². The Kier molecular flexibility index (Phi) is 5.95. The predicted molar refractivity (Wildman–Crippen MR) is 100 cm³/mol. The summed E-state index contributed by atoms with van der Waals surface area (Å²) in [4.78, 5) is 13.7. The second-order valence-electron chi connectivity index (χ2n) is 7.30. The van der Waals surface area contributed by atoms with Gasteiger partial charge in [0.05, 0.1) is 18.1 Å². The van der Waals surface area contributed by atoms with E-state index in [9.17, 15) is 26.4 Å². The van der Waals surface area contributed by atoms with E-state index in [1.54, 1.807) is 0 Å². The van der Waals surface area contributed by atoms with Crippen molar-refractivity contribution < 1.29 is 30.8 Å². The highest BCUT2D eigenvalue weighted by Gasteiger charge is 2.50. The molecule has 1 saturated heterocycles. The number of aromatic nitrogens is 4. The Morgan fingerprint density at radius 1 is 1.19 bits per heavy atom.